The largest absolute Gasteiger partial charge is 0.494 e. The van der Waals surface area contributed by atoms with Crippen molar-refractivity contribution in [3.8, 4) is 5.75 Å². The van der Waals surface area contributed by atoms with E-state index in [1.54, 1.807) is 6.07 Å². The lowest BCUT2D eigenvalue weighted by molar-refractivity contribution is 0.317. The van der Waals surface area contributed by atoms with Crippen molar-refractivity contribution in [2.24, 2.45) is 0 Å². The summed E-state index contributed by atoms with van der Waals surface area (Å²) >= 11 is 3.51. The van der Waals surface area contributed by atoms with E-state index in [1.807, 2.05) is 36.4 Å². The molecule has 0 amide bonds. The van der Waals surface area contributed by atoms with E-state index in [1.165, 1.54) is 12.1 Å². The van der Waals surface area contributed by atoms with Crippen LogP contribution in [-0.2, 0) is 0 Å². The van der Waals surface area contributed by atoms with Crippen molar-refractivity contribution < 1.29 is 9.13 Å². The van der Waals surface area contributed by atoms with Gasteiger partial charge in [0.25, 0.3) is 0 Å². The Hall–Kier alpha value is -1.61. The van der Waals surface area contributed by atoms with Gasteiger partial charge in [-0.3, -0.25) is 0 Å². The Kier molecular flexibility index (Phi) is 5.36. The van der Waals surface area contributed by atoms with Crippen LogP contribution in [0.1, 0.15) is 24.5 Å². The molecule has 0 heterocycles. The standard InChI is InChI=1S/C17H16BrFO/c1-2-10-20-16-8-9-17(18)14(12-16)7-6-13-4-3-5-15(19)11-13/h3-9,11-12H,2,10H2,1H3/b7-6+. The molecule has 0 saturated carbocycles. The molecule has 2 rings (SSSR count). The summed E-state index contributed by atoms with van der Waals surface area (Å²) in [6.45, 7) is 2.78. The normalized spacial score (nSPS) is 10.9. The van der Waals surface area contributed by atoms with Gasteiger partial charge in [-0.05, 0) is 47.9 Å². The fraction of sp³-hybridized carbons (Fsp3) is 0.176. The molecule has 0 fully saturated rings. The van der Waals surface area contributed by atoms with Crippen LogP contribution in [0.3, 0.4) is 0 Å². The fourth-order valence-corrected chi connectivity index (χ4v) is 2.13. The summed E-state index contributed by atoms with van der Waals surface area (Å²) in [5.74, 6) is 0.611. The van der Waals surface area contributed by atoms with Crippen LogP contribution in [0.25, 0.3) is 12.2 Å². The van der Waals surface area contributed by atoms with Gasteiger partial charge in [0, 0.05) is 4.47 Å². The zero-order valence-electron chi connectivity index (χ0n) is 11.3. The molecule has 0 atom stereocenters. The second-order valence-corrected chi connectivity index (χ2v) is 5.27. The Bertz CT molecular complexity index is 608. The van der Waals surface area contributed by atoms with Gasteiger partial charge in [-0.25, -0.2) is 4.39 Å². The molecule has 0 bridgehead atoms. The van der Waals surface area contributed by atoms with Gasteiger partial charge in [-0.15, -0.1) is 0 Å². The second-order valence-electron chi connectivity index (χ2n) is 4.42. The lowest BCUT2D eigenvalue weighted by Gasteiger charge is -2.06. The van der Waals surface area contributed by atoms with E-state index in [-0.39, 0.29) is 5.82 Å². The van der Waals surface area contributed by atoms with Crippen LogP contribution >= 0.6 is 15.9 Å². The van der Waals surface area contributed by atoms with E-state index >= 15 is 0 Å². The number of ether oxygens (including phenoxy) is 1. The number of halogens is 2. The van der Waals surface area contributed by atoms with E-state index in [4.69, 9.17) is 4.74 Å². The van der Waals surface area contributed by atoms with Gasteiger partial charge in [0.15, 0.2) is 0 Å². The molecule has 0 radical (unpaired) electrons. The summed E-state index contributed by atoms with van der Waals surface area (Å²) in [5, 5.41) is 0. The first-order valence-corrected chi connectivity index (χ1v) is 7.34. The number of benzene rings is 2. The molecular formula is C17H16BrFO. The highest BCUT2D eigenvalue weighted by Crippen LogP contribution is 2.24. The molecule has 0 spiro atoms. The average Bonchev–Trinajstić information content (AvgIpc) is 2.45. The maximum absolute atomic E-state index is 13.1. The minimum absolute atomic E-state index is 0.230. The zero-order valence-corrected chi connectivity index (χ0v) is 12.9. The van der Waals surface area contributed by atoms with Crippen LogP contribution in [0.2, 0.25) is 0 Å². The fourth-order valence-electron chi connectivity index (χ4n) is 1.76. The Balaban J connectivity index is 2.19. The molecule has 0 aromatic heterocycles. The third kappa shape index (κ3) is 4.20. The van der Waals surface area contributed by atoms with Gasteiger partial charge in [0.1, 0.15) is 11.6 Å². The van der Waals surface area contributed by atoms with Gasteiger partial charge in [0.2, 0.25) is 0 Å². The first-order valence-electron chi connectivity index (χ1n) is 6.55. The van der Waals surface area contributed by atoms with Gasteiger partial charge in [-0.1, -0.05) is 47.1 Å². The third-order valence-corrected chi connectivity index (χ3v) is 3.47. The molecule has 3 heteroatoms. The van der Waals surface area contributed by atoms with Crippen molar-refractivity contribution in [1.29, 1.82) is 0 Å². The van der Waals surface area contributed by atoms with E-state index in [0.29, 0.717) is 6.61 Å². The molecule has 0 unspecified atom stereocenters. The second kappa shape index (κ2) is 7.25. The van der Waals surface area contributed by atoms with Crippen molar-refractivity contribution in [3.63, 3.8) is 0 Å². The van der Waals surface area contributed by atoms with Gasteiger partial charge < -0.3 is 4.74 Å². The summed E-state index contributed by atoms with van der Waals surface area (Å²) in [5.41, 5.74) is 1.83. The maximum atomic E-state index is 13.1. The van der Waals surface area contributed by atoms with E-state index in [0.717, 1.165) is 27.8 Å². The van der Waals surface area contributed by atoms with Crippen LogP contribution in [0.5, 0.6) is 5.75 Å². The Labute approximate surface area is 127 Å². The number of hydrogen-bond acceptors (Lipinski definition) is 1. The van der Waals surface area contributed by atoms with Crippen LogP contribution in [-0.4, -0.2) is 6.61 Å². The van der Waals surface area contributed by atoms with Crippen molar-refractivity contribution in [2.45, 2.75) is 13.3 Å². The highest BCUT2D eigenvalue weighted by atomic mass is 79.9. The quantitative estimate of drug-likeness (QED) is 0.651. The van der Waals surface area contributed by atoms with Gasteiger partial charge in [-0.2, -0.15) is 0 Å². The minimum atomic E-state index is -0.230. The summed E-state index contributed by atoms with van der Waals surface area (Å²) < 4.78 is 19.7. The smallest absolute Gasteiger partial charge is 0.123 e. The van der Waals surface area contributed by atoms with Crippen LogP contribution in [0, 0.1) is 5.82 Å². The predicted octanol–water partition coefficient (Wildman–Crippen LogP) is 5.55. The number of hydrogen-bond donors (Lipinski definition) is 0. The van der Waals surface area contributed by atoms with E-state index in [2.05, 4.69) is 22.9 Å². The van der Waals surface area contributed by atoms with Crippen molar-refractivity contribution in [1.82, 2.24) is 0 Å². The lowest BCUT2D eigenvalue weighted by atomic mass is 10.1. The van der Waals surface area contributed by atoms with Crippen molar-refractivity contribution in [3.05, 3.63) is 63.9 Å². The number of rotatable bonds is 5. The van der Waals surface area contributed by atoms with Gasteiger partial charge >= 0.3 is 0 Å². The topological polar surface area (TPSA) is 9.23 Å². The Morgan fingerprint density at radius 1 is 1.15 bits per heavy atom. The Morgan fingerprint density at radius 2 is 2.00 bits per heavy atom. The first-order chi connectivity index (χ1) is 9.69. The minimum Gasteiger partial charge on any atom is -0.494 e. The van der Waals surface area contributed by atoms with Gasteiger partial charge in [0.05, 0.1) is 6.61 Å². The van der Waals surface area contributed by atoms with Crippen molar-refractivity contribution >= 4 is 28.1 Å². The highest BCUT2D eigenvalue weighted by molar-refractivity contribution is 9.10. The molecule has 20 heavy (non-hydrogen) atoms. The molecule has 104 valence electrons. The summed E-state index contributed by atoms with van der Waals surface area (Å²) in [6, 6.07) is 12.4. The Morgan fingerprint density at radius 3 is 2.75 bits per heavy atom. The lowest BCUT2D eigenvalue weighted by Crippen LogP contribution is -1.95. The third-order valence-electron chi connectivity index (χ3n) is 2.74. The monoisotopic (exact) mass is 334 g/mol. The van der Waals surface area contributed by atoms with Crippen LogP contribution in [0.4, 0.5) is 4.39 Å². The molecule has 1 nitrogen and oxygen atoms in total. The zero-order chi connectivity index (χ0) is 14.4. The SMILES string of the molecule is CCCOc1ccc(Br)c(/C=C/c2cccc(F)c2)c1. The molecule has 0 aliphatic carbocycles. The first kappa shape index (κ1) is 14.8. The maximum Gasteiger partial charge on any atom is 0.123 e. The summed E-state index contributed by atoms with van der Waals surface area (Å²) in [6.07, 6.45) is 4.80. The highest BCUT2D eigenvalue weighted by Gasteiger charge is 2.00. The average molecular weight is 335 g/mol. The summed E-state index contributed by atoms with van der Waals surface area (Å²) in [7, 11) is 0. The molecule has 0 aliphatic heterocycles. The summed E-state index contributed by atoms with van der Waals surface area (Å²) in [4.78, 5) is 0. The molecule has 2 aromatic rings. The van der Waals surface area contributed by atoms with E-state index in [9.17, 15) is 4.39 Å². The molecule has 2 aromatic carbocycles. The molecule has 0 N–H and O–H groups in total. The molecule has 0 aliphatic rings. The predicted molar refractivity (Wildman–Crippen MR) is 85.3 cm³/mol. The van der Waals surface area contributed by atoms with Crippen LogP contribution < -0.4 is 4.74 Å². The van der Waals surface area contributed by atoms with Crippen molar-refractivity contribution in [2.75, 3.05) is 6.61 Å². The molecular weight excluding hydrogens is 319 g/mol. The van der Waals surface area contributed by atoms with Crippen LogP contribution in [0.15, 0.2) is 46.9 Å². The molecule has 0 saturated heterocycles. The van der Waals surface area contributed by atoms with E-state index < -0.39 is 0 Å².